The number of hydrogen-bond donors (Lipinski definition) is 0. The summed E-state index contributed by atoms with van der Waals surface area (Å²) in [6.45, 7) is 12.7. The van der Waals surface area contributed by atoms with Gasteiger partial charge >= 0.3 is 0 Å². The second-order valence-corrected chi connectivity index (χ2v) is 1.95. The highest BCUT2D eigenvalue weighted by molar-refractivity contribution is 5.85. The van der Waals surface area contributed by atoms with Crippen molar-refractivity contribution in [3.63, 3.8) is 0 Å². The Morgan fingerprint density at radius 1 is 1.07 bits per heavy atom. The average molecular weight is 222 g/mol. The first-order valence-corrected chi connectivity index (χ1v) is 4.03. The van der Waals surface area contributed by atoms with Crippen LogP contribution in [0.3, 0.4) is 0 Å². The highest BCUT2D eigenvalue weighted by Gasteiger charge is 1.75. The highest BCUT2D eigenvalue weighted by atomic mass is 35.5. The summed E-state index contributed by atoms with van der Waals surface area (Å²) >= 11 is 0. The standard InChI is InChI=1S/C8H8.C3H3N.C2H4.ClH/c1-2-8-6-4-3-5-7-8;1-2-3-4;1-2;/h2-7H,1H2;2H,1H2;1-2H2;1H. The smallest absolute Gasteiger partial charge is 0.0905 e. The maximum Gasteiger partial charge on any atom is 0.0905 e. The van der Waals surface area contributed by atoms with Crippen LogP contribution in [-0.2, 0) is 0 Å². The van der Waals surface area contributed by atoms with E-state index in [1.54, 1.807) is 6.07 Å². The Morgan fingerprint density at radius 3 is 1.67 bits per heavy atom. The van der Waals surface area contributed by atoms with Crippen LogP contribution in [0, 0.1) is 11.3 Å². The molecule has 0 aliphatic heterocycles. The van der Waals surface area contributed by atoms with E-state index >= 15 is 0 Å². The molecule has 0 heterocycles. The predicted molar refractivity (Wildman–Crippen MR) is 70.8 cm³/mol. The first-order chi connectivity index (χ1) is 6.85. The van der Waals surface area contributed by atoms with Crippen LogP contribution in [0.5, 0.6) is 0 Å². The van der Waals surface area contributed by atoms with E-state index in [-0.39, 0.29) is 12.4 Å². The van der Waals surface area contributed by atoms with E-state index in [0.29, 0.717) is 0 Å². The lowest BCUT2D eigenvalue weighted by molar-refractivity contribution is 1.54. The van der Waals surface area contributed by atoms with Gasteiger partial charge < -0.3 is 0 Å². The van der Waals surface area contributed by atoms with Gasteiger partial charge in [0.2, 0.25) is 0 Å². The van der Waals surface area contributed by atoms with Gasteiger partial charge in [-0.1, -0.05) is 49.6 Å². The summed E-state index contributed by atoms with van der Waals surface area (Å²) in [4.78, 5) is 0. The predicted octanol–water partition coefficient (Wildman–Crippen LogP) is 4.25. The first-order valence-electron chi connectivity index (χ1n) is 4.03. The summed E-state index contributed by atoms with van der Waals surface area (Å²) in [5.41, 5.74) is 1.17. The molecule has 15 heavy (non-hydrogen) atoms. The fourth-order valence-corrected chi connectivity index (χ4v) is 0.589. The van der Waals surface area contributed by atoms with Gasteiger partial charge in [0.25, 0.3) is 0 Å². The summed E-state index contributed by atoms with van der Waals surface area (Å²) in [6.07, 6.45) is 3.01. The average Bonchev–Trinajstić information content (AvgIpc) is 2.33. The van der Waals surface area contributed by atoms with E-state index in [2.05, 4.69) is 26.3 Å². The van der Waals surface area contributed by atoms with Crippen LogP contribution < -0.4 is 0 Å². The Labute approximate surface area is 98.5 Å². The Balaban J connectivity index is -0.000000179. The second kappa shape index (κ2) is 18.1. The molecule has 1 nitrogen and oxygen atoms in total. The highest BCUT2D eigenvalue weighted by Crippen LogP contribution is 1.97. The first kappa shape index (κ1) is 18.9. The third-order valence-electron chi connectivity index (χ3n) is 1.13. The summed E-state index contributed by atoms with van der Waals surface area (Å²) in [7, 11) is 0. The number of halogens is 1. The van der Waals surface area contributed by atoms with Crippen LogP contribution in [0.2, 0.25) is 0 Å². The fourth-order valence-electron chi connectivity index (χ4n) is 0.589. The molecule has 1 aromatic carbocycles. The molecule has 0 aromatic heterocycles. The van der Waals surface area contributed by atoms with Crippen molar-refractivity contribution in [2.24, 2.45) is 0 Å². The summed E-state index contributed by atoms with van der Waals surface area (Å²) in [6, 6.07) is 11.7. The number of nitriles is 1. The van der Waals surface area contributed by atoms with Crippen molar-refractivity contribution >= 4 is 18.5 Å². The van der Waals surface area contributed by atoms with E-state index in [4.69, 9.17) is 5.26 Å². The molecule has 0 bridgehead atoms. The molecule has 0 saturated heterocycles. The van der Waals surface area contributed by atoms with Crippen LogP contribution in [0.25, 0.3) is 6.08 Å². The summed E-state index contributed by atoms with van der Waals surface area (Å²) < 4.78 is 0. The Kier molecular flexibility index (Phi) is 22.8. The molecule has 2 heteroatoms. The molecule has 0 aliphatic rings. The van der Waals surface area contributed by atoms with Crippen molar-refractivity contribution in [1.29, 1.82) is 5.26 Å². The molecule has 80 valence electrons. The molecular weight excluding hydrogens is 206 g/mol. The second-order valence-electron chi connectivity index (χ2n) is 1.95. The molecule has 0 saturated carbocycles. The molecule has 0 spiro atoms. The van der Waals surface area contributed by atoms with Crippen LogP contribution in [0.15, 0.2) is 62.7 Å². The number of allylic oxidation sites excluding steroid dienone is 1. The summed E-state index contributed by atoms with van der Waals surface area (Å²) in [5.74, 6) is 0. The topological polar surface area (TPSA) is 23.8 Å². The minimum atomic E-state index is 0. The van der Waals surface area contributed by atoms with E-state index in [1.807, 2.05) is 36.4 Å². The lowest BCUT2D eigenvalue weighted by Gasteiger charge is -1.85. The van der Waals surface area contributed by atoms with Crippen molar-refractivity contribution in [1.82, 2.24) is 0 Å². The molecule has 0 fully saturated rings. The lowest BCUT2D eigenvalue weighted by Crippen LogP contribution is -1.63. The van der Waals surface area contributed by atoms with Gasteiger partial charge in [0.15, 0.2) is 0 Å². The minimum Gasteiger partial charge on any atom is -0.193 e. The largest absolute Gasteiger partial charge is 0.193 e. The van der Waals surface area contributed by atoms with Gasteiger partial charge in [-0.15, -0.1) is 25.6 Å². The number of nitrogens with zero attached hydrogens (tertiary/aromatic N) is 1. The van der Waals surface area contributed by atoms with Gasteiger partial charge in [0.05, 0.1) is 6.07 Å². The SMILES string of the molecule is C=C.C=CC#N.C=Cc1ccccc1.Cl. The molecule has 1 aromatic rings. The van der Waals surface area contributed by atoms with E-state index in [0.717, 1.165) is 0 Å². The van der Waals surface area contributed by atoms with Gasteiger partial charge in [0, 0.05) is 6.08 Å². The monoisotopic (exact) mass is 221 g/mol. The minimum absolute atomic E-state index is 0. The zero-order valence-electron chi connectivity index (χ0n) is 8.73. The van der Waals surface area contributed by atoms with Gasteiger partial charge in [0.1, 0.15) is 0 Å². The van der Waals surface area contributed by atoms with Crippen molar-refractivity contribution in [3.8, 4) is 6.07 Å². The van der Waals surface area contributed by atoms with Crippen molar-refractivity contribution in [2.45, 2.75) is 0 Å². The van der Waals surface area contributed by atoms with E-state index in [1.165, 1.54) is 11.6 Å². The van der Waals surface area contributed by atoms with E-state index in [9.17, 15) is 0 Å². The molecule has 0 N–H and O–H groups in total. The zero-order chi connectivity index (χ0) is 11.2. The quantitative estimate of drug-likeness (QED) is 0.514. The molecule has 0 radical (unpaired) electrons. The third kappa shape index (κ3) is 15.0. The summed E-state index contributed by atoms with van der Waals surface area (Å²) in [5, 5.41) is 7.51. The maximum atomic E-state index is 7.51. The van der Waals surface area contributed by atoms with Crippen molar-refractivity contribution in [3.05, 3.63) is 68.3 Å². The molecule has 0 atom stereocenters. The Hall–Kier alpha value is -1.78. The maximum absolute atomic E-state index is 7.51. The number of hydrogen-bond acceptors (Lipinski definition) is 1. The molecule has 0 aliphatic carbocycles. The van der Waals surface area contributed by atoms with Gasteiger partial charge in [-0.3, -0.25) is 0 Å². The van der Waals surface area contributed by atoms with Crippen LogP contribution >= 0.6 is 12.4 Å². The van der Waals surface area contributed by atoms with Crippen LogP contribution in [-0.4, -0.2) is 0 Å². The van der Waals surface area contributed by atoms with Crippen molar-refractivity contribution in [2.75, 3.05) is 0 Å². The zero-order valence-corrected chi connectivity index (χ0v) is 9.54. The number of benzene rings is 1. The third-order valence-corrected chi connectivity index (χ3v) is 1.13. The lowest BCUT2D eigenvalue weighted by atomic mass is 10.2. The molecular formula is C13H16ClN. The van der Waals surface area contributed by atoms with Gasteiger partial charge in [-0.2, -0.15) is 5.26 Å². The molecule has 0 amide bonds. The van der Waals surface area contributed by atoms with E-state index < -0.39 is 0 Å². The van der Waals surface area contributed by atoms with Crippen molar-refractivity contribution < 1.29 is 0 Å². The van der Waals surface area contributed by atoms with Crippen LogP contribution in [0.1, 0.15) is 5.56 Å². The normalized spacial score (nSPS) is 5.80. The Morgan fingerprint density at radius 2 is 1.47 bits per heavy atom. The fraction of sp³-hybridized carbons (Fsp3) is 0. The van der Waals surface area contributed by atoms with Crippen LogP contribution in [0.4, 0.5) is 0 Å². The molecule has 1 rings (SSSR count). The molecule has 0 unspecified atom stereocenters. The van der Waals surface area contributed by atoms with Gasteiger partial charge in [-0.25, -0.2) is 0 Å². The Bertz CT molecular complexity index is 285. The number of rotatable bonds is 1. The van der Waals surface area contributed by atoms with Gasteiger partial charge in [-0.05, 0) is 5.56 Å².